The number of fused-ring (bicyclic) bond motifs is 1. The Hall–Kier alpha value is -2.01. The number of halogens is 1. The Kier molecular flexibility index (Phi) is 11.6. The van der Waals surface area contributed by atoms with Crippen LogP contribution in [0.15, 0.2) is 48.5 Å². The number of ether oxygens (including phenoxy) is 1. The van der Waals surface area contributed by atoms with Crippen molar-refractivity contribution < 1.29 is 26.3 Å². The van der Waals surface area contributed by atoms with E-state index in [1.807, 2.05) is 12.1 Å². The van der Waals surface area contributed by atoms with E-state index in [1.54, 1.807) is 7.11 Å². The quantitative estimate of drug-likeness (QED) is 0.271. The summed E-state index contributed by atoms with van der Waals surface area (Å²) in [7, 11) is 1.70. The van der Waals surface area contributed by atoms with Crippen molar-refractivity contribution >= 4 is 17.0 Å². The number of rotatable bonds is 14. The minimum atomic E-state index is 0. The molecule has 2 aromatic carbocycles. The van der Waals surface area contributed by atoms with E-state index in [0.29, 0.717) is 0 Å². The Labute approximate surface area is 204 Å². The van der Waals surface area contributed by atoms with Gasteiger partial charge in [-0.3, -0.25) is 5.73 Å². The second-order valence-corrected chi connectivity index (χ2v) is 8.61. The molecule has 0 aliphatic carbocycles. The standard InChI is InChI=1S/C27H39N3O.BrH/c1-3-4-5-6-7-8-9-10-11-14-21-29-25-15-12-13-16-26(25)30(27(29)28)22-23-17-19-24(31-2)20-18-23;/h12-13,15-20,28H,3-11,14,21-22H2,1-2H3;1H. The fourth-order valence-corrected chi connectivity index (χ4v) is 4.39. The molecule has 0 fully saturated rings. The number of nitrogens with zero attached hydrogens (tertiary/aromatic N) is 2. The number of para-hydroxylation sites is 2. The number of methoxy groups -OCH3 is 1. The summed E-state index contributed by atoms with van der Waals surface area (Å²) >= 11 is 0. The number of hydrogen-bond donors (Lipinski definition) is 1. The summed E-state index contributed by atoms with van der Waals surface area (Å²) in [6.07, 6.45) is 13.5. The number of nitrogens with two attached hydrogens (primary N) is 1. The first-order valence-corrected chi connectivity index (χ1v) is 12.1. The lowest BCUT2D eigenvalue weighted by molar-refractivity contribution is -0.648. The van der Waals surface area contributed by atoms with Crippen LogP contribution in [0, 0.1) is 0 Å². The molecule has 0 saturated heterocycles. The smallest absolute Gasteiger partial charge is 0.356 e. The van der Waals surface area contributed by atoms with Crippen molar-refractivity contribution in [2.45, 2.75) is 84.2 Å². The fraction of sp³-hybridized carbons (Fsp3) is 0.519. The number of unbranched alkanes of at least 4 members (excludes halogenated alkanes) is 9. The van der Waals surface area contributed by atoms with Crippen LogP contribution in [0.2, 0.25) is 0 Å². The molecule has 0 aliphatic rings. The third-order valence-corrected chi connectivity index (χ3v) is 6.25. The van der Waals surface area contributed by atoms with Gasteiger partial charge < -0.3 is 21.7 Å². The van der Waals surface area contributed by atoms with Crippen LogP contribution in [-0.4, -0.2) is 11.7 Å². The average Bonchev–Trinajstić information content (AvgIpc) is 3.06. The minimum Gasteiger partial charge on any atom is -1.00 e. The molecule has 5 heteroatoms. The molecule has 3 rings (SSSR count). The summed E-state index contributed by atoms with van der Waals surface area (Å²) in [5, 5.41) is 0. The van der Waals surface area contributed by atoms with Crippen LogP contribution in [0.25, 0.3) is 11.0 Å². The van der Waals surface area contributed by atoms with Crippen molar-refractivity contribution in [2.24, 2.45) is 0 Å². The second kappa shape index (κ2) is 14.2. The maximum Gasteiger partial charge on any atom is 0.356 e. The molecule has 1 aromatic heterocycles. The molecule has 0 spiro atoms. The van der Waals surface area contributed by atoms with Gasteiger partial charge in [0.2, 0.25) is 0 Å². The van der Waals surface area contributed by atoms with E-state index < -0.39 is 0 Å². The van der Waals surface area contributed by atoms with Crippen molar-refractivity contribution in [3.63, 3.8) is 0 Å². The predicted molar refractivity (Wildman–Crippen MR) is 130 cm³/mol. The van der Waals surface area contributed by atoms with Crippen LogP contribution in [0.5, 0.6) is 5.75 Å². The molecule has 3 aromatic rings. The van der Waals surface area contributed by atoms with Crippen molar-refractivity contribution in [1.82, 2.24) is 4.57 Å². The maximum absolute atomic E-state index is 6.64. The lowest BCUT2D eigenvalue weighted by Gasteiger charge is -2.05. The molecule has 176 valence electrons. The first-order valence-electron chi connectivity index (χ1n) is 12.1. The Bertz CT molecular complexity index is 921. The number of nitrogen functional groups attached to an aromatic ring is 1. The molecule has 0 atom stereocenters. The van der Waals surface area contributed by atoms with Gasteiger partial charge in [-0.05, 0) is 36.2 Å². The lowest BCUT2D eigenvalue weighted by atomic mass is 10.1. The van der Waals surface area contributed by atoms with Gasteiger partial charge in [-0.15, -0.1) is 0 Å². The molecule has 32 heavy (non-hydrogen) atoms. The van der Waals surface area contributed by atoms with Gasteiger partial charge >= 0.3 is 5.95 Å². The molecular formula is C27H40BrN3O. The second-order valence-electron chi connectivity index (χ2n) is 8.61. The topological polar surface area (TPSA) is 44.1 Å². The van der Waals surface area contributed by atoms with Gasteiger partial charge in [0, 0.05) is 0 Å². The van der Waals surface area contributed by atoms with E-state index in [0.717, 1.165) is 24.8 Å². The van der Waals surface area contributed by atoms with Gasteiger partial charge in [0.25, 0.3) is 0 Å². The van der Waals surface area contributed by atoms with E-state index in [4.69, 9.17) is 10.5 Å². The number of benzene rings is 2. The van der Waals surface area contributed by atoms with Gasteiger partial charge in [-0.2, -0.15) is 0 Å². The number of aryl methyl sites for hydroxylation is 1. The third-order valence-electron chi connectivity index (χ3n) is 6.25. The molecule has 0 amide bonds. The number of anilines is 1. The van der Waals surface area contributed by atoms with Crippen LogP contribution >= 0.6 is 0 Å². The Morgan fingerprint density at radius 3 is 2.03 bits per heavy atom. The van der Waals surface area contributed by atoms with Crippen LogP contribution in [-0.2, 0) is 13.1 Å². The molecule has 0 aliphatic heterocycles. The van der Waals surface area contributed by atoms with Gasteiger partial charge in [0.15, 0.2) is 0 Å². The first kappa shape index (κ1) is 26.2. The molecule has 2 N–H and O–H groups in total. The summed E-state index contributed by atoms with van der Waals surface area (Å²) < 4.78 is 9.81. The van der Waals surface area contributed by atoms with Gasteiger partial charge in [0.1, 0.15) is 16.8 Å². The monoisotopic (exact) mass is 501 g/mol. The van der Waals surface area contributed by atoms with Crippen LogP contribution in [0.4, 0.5) is 5.95 Å². The zero-order valence-corrected chi connectivity index (χ0v) is 21.4. The van der Waals surface area contributed by atoms with Crippen LogP contribution in [0.3, 0.4) is 0 Å². The van der Waals surface area contributed by atoms with Crippen LogP contribution in [0.1, 0.15) is 76.7 Å². The molecule has 0 radical (unpaired) electrons. The Morgan fingerprint density at radius 2 is 1.41 bits per heavy atom. The van der Waals surface area contributed by atoms with E-state index in [-0.39, 0.29) is 17.0 Å². The van der Waals surface area contributed by atoms with Crippen LogP contribution < -0.4 is 32.0 Å². The summed E-state index contributed by atoms with van der Waals surface area (Å²) in [5.41, 5.74) is 10.3. The molecule has 0 saturated carbocycles. The first-order chi connectivity index (χ1) is 15.2. The van der Waals surface area contributed by atoms with Gasteiger partial charge in [-0.1, -0.05) is 89.0 Å². The van der Waals surface area contributed by atoms with Gasteiger partial charge in [0.05, 0.1) is 20.2 Å². The molecule has 0 unspecified atom stereocenters. The van der Waals surface area contributed by atoms with Gasteiger partial charge in [-0.25, -0.2) is 9.13 Å². The van der Waals surface area contributed by atoms with E-state index >= 15 is 0 Å². The van der Waals surface area contributed by atoms with Crippen molar-refractivity contribution in [2.75, 3.05) is 12.8 Å². The predicted octanol–water partition coefficient (Wildman–Crippen LogP) is 3.49. The molecule has 0 bridgehead atoms. The van der Waals surface area contributed by atoms with Crippen molar-refractivity contribution in [3.05, 3.63) is 54.1 Å². The molecular weight excluding hydrogens is 462 g/mol. The zero-order chi connectivity index (χ0) is 21.9. The summed E-state index contributed by atoms with van der Waals surface area (Å²) in [5.74, 6) is 1.72. The van der Waals surface area contributed by atoms with Crippen molar-refractivity contribution in [1.29, 1.82) is 0 Å². The van der Waals surface area contributed by atoms with E-state index in [2.05, 4.69) is 52.5 Å². The number of imidazole rings is 1. The SMILES string of the molecule is CCCCCCCCCCCCn1c(N)[n+](Cc2ccc(OC)cc2)c2ccccc21.[Br-]. The zero-order valence-electron chi connectivity index (χ0n) is 19.9. The van der Waals surface area contributed by atoms with E-state index in [9.17, 15) is 0 Å². The fourth-order valence-electron chi connectivity index (χ4n) is 4.39. The normalized spacial score (nSPS) is 10.9. The molecule has 4 nitrogen and oxygen atoms in total. The van der Waals surface area contributed by atoms with Crippen molar-refractivity contribution in [3.8, 4) is 5.75 Å². The summed E-state index contributed by atoms with van der Waals surface area (Å²) in [4.78, 5) is 0. The number of aromatic nitrogens is 2. The highest BCUT2D eigenvalue weighted by molar-refractivity contribution is 5.73. The average molecular weight is 503 g/mol. The third kappa shape index (κ3) is 7.26. The highest BCUT2D eigenvalue weighted by Gasteiger charge is 2.20. The molecule has 1 heterocycles. The Morgan fingerprint density at radius 1 is 0.812 bits per heavy atom. The lowest BCUT2D eigenvalue weighted by Crippen LogP contribution is -3.00. The minimum absolute atomic E-state index is 0. The highest BCUT2D eigenvalue weighted by atomic mass is 79.9. The largest absolute Gasteiger partial charge is 1.00 e. The van der Waals surface area contributed by atoms with E-state index in [1.165, 1.54) is 80.8 Å². The Balaban J connectivity index is 0.00000363. The summed E-state index contributed by atoms with van der Waals surface area (Å²) in [6.45, 7) is 4.03. The maximum atomic E-state index is 6.64. The highest BCUT2D eigenvalue weighted by Crippen LogP contribution is 2.19. The number of hydrogen-bond acceptors (Lipinski definition) is 2. The summed E-state index contributed by atoms with van der Waals surface area (Å²) in [6, 6.07) is 16.8.